The molecule has 0 aromatic heterocycles. The van der Waals surface area contributed by atoms with Crippen molar-refractivity contribution in [1.29, 1.82) is 0 Å². The highest BCUT2D eigenvalue weighted by atomic mass is 16.3. The lowest BCUT2D eigenvalue weighted by atomic mass is 10.1. The van der Waals surface area contributed by atoms with Gasteiger partial charge in [-0.05, 0) is 45.4 Å². The molecule has 1 N–H and O–H groups in total. The Bertz CT molecular complexity index is 364. The van der Waals surface area contributed by atoms with Gasteiger partial charge in [0.1, 0.15) is 0 Å². The van der Waals surface area contributed by atoms with Crippen LogP contribution in [-0.4, -0.2) is 10.9 Å². The smallest absolute Gasteiger partial charge is 0.155 e. The van der Waals surface area contributed by atoms with Gasteiger partial charge in [-0.1, -0.05) is 63.3 Å². The summed E-state index contributed by atoms with van der Waals surface area (Å²) in [5.74, 6) is 0.147. The maximum atomic E-state index is 10.8. The van der Waals surface area contributed by atoms with Gasteiger partial charge in [0.2, 0.25) is 0 Å². The summed E-state index contributed by atoms with van der Waals surface area (Å²) in [6.45, 7) is 3.70. The largest absolute Gasteiger partial charge is 0.512 e. The molecule has 0 amide bonds. The van der Waals surface area contributed by atoms with Crippen molar-refractivity contribution in [3.05, 3.63) is 36.1 Å². The minimum absolute atomic E-state index is 0.0786. The number of carbonyl (C=O) groups excluding carboxylic acids is 1. The molecule has 0 aliphatic rings. The number of aliphatic hydroxyl groups is 1. The number of ketones is 1. The Balaban J connectivity index is 3.32. The fourth-order valence-corrected chi connectivity index (χ4v) is 2.42. The Morgan fingerprint density at radius 3 is 2.00 bits per heavy atom. The van der Waals surface area contributed by atoms with Crippen LogP contribution in [0.3, 0.4) is 0 Å². The van der Waals surface area contributed by atoms with Crippen molar-refractivity contribution in [3.8, 4) is 0 Å². The first-order valence-corrected chi connectivity index (χ1v) is 9.37. The minimum Gasteiger partial charge on any atom is -0.512 e. The number of rotatable bonds is 15. The van der Waals surface area contributed by atoms with Gasteiger partial charge in [-0.3, -0.25) is 4.79 Å². The average Bonchev–Trinajstić information content (AvgIpc) is 2.50. The summed E-state index contributed by atoms with van der Waals surface area (Å²) in [6.07, 6.45) is 24.3. The maximum absolute atomic E-state index is 10.8. The second-order valence-electron chi connectivity index (χ2n) is 6.23. The number of hydrogen-bond donors (Lipinski definition) is 1. The normalized spacial score (nSPS) is 12.5. The molecule has 0 spiro atoms. The van der Waals surface area contributed by atoms with Crippen LogP contribution in [0.15, 0.2) is 36.1 Å². The SMILES string of the molecule is CCCCCC=CCC=CCCCCCCCC(O)=CC(C)=O. The molecular weight excluding hydrogens is 284 g/mol. The second kappa shape index (κ2) is 17.1. The molecule has 0 rings (SSSR count). The van der Waals surface area contributed by atoms with E-state index in [0.717, 1.165) is 19.3 Å². The van der Waals surface area contributed by atoms with Gasteiger partial charge in [0.05, 0.1) is 5.76 Å². The maximum Gasteiger partial charge on any atom is 0.155 e. The number of aliphatic hydroxyl groups excluding tert-OH is 1. The Labute approximate surface area is 143 Å². The van der Waals surface area contributed by atoms with E-state index in [0.29, 0.717) is 6.42 Å². The van der Waals surface area contributed by atoms with Crippen LogP contribution in [0.1, 0.15) is 90.9 Å². The molecule has 0 aliphatic heterocycles. The molecule has 0 fully saturated rings. The predicted molar refractivity (Wildman–Crippen MR) is 101 cm³/mol. The van der Waals surface area contributed by atoms with Crippen molar-refractivity contribution < 1.29 is 9.90 Å². The van der Waals surface area contributed by atoms with Crippen molar-refractivity contribution in [1.82, 2.24) is 0 Å². The van der Waals surface area contributed by atoms with E-state index in [9.17, 15) is 9.90 Å². The molecule has 0 bridgehead atoms. The quantitative estimate of drug-likeness (QED) is 0.155. The molecule has 0 aromatic carbocycles. The monoisotopic (exact) mass is 320 g/mol. The lowest BCUT2D eigenvalue weighted by Crippen LogP contribution is -1.89. The second-order valence-corrected chi connectivity index (χ2v) is 6.23. The van der Waals surface area contributed by atoms with E-state index in [1.807, 2.05) is 0 Å². The van der Waals surface area contributed by atoms with Crippen LogP contribution < -0.4 is 0 Å². The number of carbonyl (C=O) groups is 1. The van der Waals surface area contributed by atoms with Gasteiger partial charge in [0.25, 0.3) is 0 Å². The molecule has 132 valence electrons. The summed E-state index contributed by atoms with van der Waals surface area (Å²) in [7, 11) is 0. The zero-order chi connectivity index (χ0) is 17.2. The average molecular weight is 321 g/mol. The third kappa shape index (κ3) is 18.6. The van der Waals surface area contributed by atoms with Crippen molar-refractivity contribution >= 4 is 5.78 Å². The summed E-state index contributed by atoms with van der Waals surface area (Å²) in [5.41, 5.74) is 0. The van der Waals surface area contributed by atoms with Gasteiger partial charge in [0.15, 0.2) is 5.78 Å². The lowest BCUT2D eigenvalue weighted by Gasteiger charge is -2.00. The van der Waals surface area contributed by atoms with E-state index in [4.69, 9.17) is 0 Å². The zero-order valence-corrected chi connectivity index (χ0v) is 15.2. The Kier molecular flexibility index (Phi) is 16.1. The van der Waals surface area contributed by atoms with Crippen LogP contribution in [-0.2, 0) is 4.79 Å². The molecule has 0 aromatic rings. The Hall–Kier alpha value is -1.31. The molecule has 23 heavy (non-hydrogen) atoms. The third-order valence-electron chi connectivity index (χ3n) is 3.75. The fraction of sp³-hybridized carbons (Fsp3) is 0.667. The van der Waals surface area contributed by atoms with E-state index in [2.05, 4.69) is 31.2 Å². The first-order valence-electron chi connectivity index (χ1n) is 9.37. The van der Waals surface area contributed by atoms with Crippen molar-refractivity contribution in [2.75, 3.05) is 0 Å². The van der Waals surface area contributed by atoms with E-state index in [1.165, 1.54) is 64.4 Å². The molecule has 0 heterocycles. The van der Waals surface area contributed by atoms with Crippen molar-refractivity contribution in [3.63, 3.8) is 0 Å². The molecule has 0 unspecified atom stereocenters. The van der Waals surface area contributed by atoms with Crippen LogP contribution in [0.25, 0.3) is 0 Å². The van der Waals surface area contributed by atoms with Gasteiger partial charge in [-0.2, -0.15) is 0 Å². The number of allylic oxidation sites excluding steroid dienone is 6. The highest BCUT2D eigenvalue weighted by molar-refractivity contribution is 5.87. The zero-order valence-electron chi connectivity index (χ0n) is 15.2. The van der Waals surface area contributed by atoms with Gasteiger partial charge in [-0.15, -0.1) is 0 Å². The van der Waals surface area contributed by atoms with E-state index < -0.39 is 0 Å². The molecular formula is C21H36O2. The first-order chi connectivity index (χ1) is 11.2. The topological polar surface area (TPSA) is 37.3 Å². The van der Waals surface area contributed by atoms with Gasteiger partial charge in [0, 0.05) is 12.5 Å². The van der Waals surface area contributed by atoms with E-state index >= 15 is 0 Å². The summed E-state index contributed by atoms with van der Waals surface area (Å²) in [6, 6.07) is 0. The van der Waals surface area contributed by atoms with Gasteiger partial charge in [-0.25, -0.2) is 0 Å². The minimum atomic E-state index is -0.0786. The van der Waals surface area contributed by atoms with Crippen LogP contribution >= 0.6 is 0 Å². The summed E-state index contributed by atoms with van der Waals surface area (Å²) in [5, 5.41) is 9.45. The molecule has 0 atom stereocenters. The van der Waals surface area contributed by atoms with E-state index in [1.54, 1.807) is 0 Å². The predicted octanol–water partition coefficient (Wildman–Crippen LogP) is 6.83. The fourth-order valence-electron chi connectivity index (χ4n) is 2.42. The Morgan fingerprint density at radius 1 is 0.826 bits per heavy atom. The van der Waals surface area contributed by atoms with Crippen molar-refractivity contribution in [2.24, 2.45) is 0 Å². The Morgan fingerprint density at radius 2 is 1.39 bits per heavy atom. The number of hydrogen-bond acceptors (Lipinski definition) is 2. The third-order valence-corrected chi connectivity index (χ3v) is 3.75. The highest BCUT2D eigenvalue weighted by Crippen LogP contribution is 2.10. The van der Waals surface area contributed by atoms with Gasteiger partial charge >= 0.3 is 0 Å². The summed E-state index contributed by atoms with van der Waals surface area (Å²) in [4.78, 5) is 10.8. The standard InChI is InChI=1S/C21H36O2/c1-3-4-5-6-7-8-9-10-11-12-13-14-15-16-17-18-21(23)19-20(2)22/h7-8,10-11,19,23H,3-6,9,12-18H2,1-2H3. The van der Waals surface area contributed by atoms with Crippen molar-refractivity contribution in [2.45, 2.75) is 90.9 Å². The van der Waals surface area contributed by atoms with Crippen LogP contribution in [0.5, 0.6) is 0 Å². The van der Waals surface area contributed by atoms with Crippen LogP contribution in [0.2, 0.25) is 0 Å². The molecule has 0 aliphatic carbocycles. The number of unbranched alkanes of at least 4 members (excludes halogenated alkanes) is 8. The highest BCUT2D eigenvalue weighted by Gasteiger charge is 1.96. The first kappa shape index (κ1) is 21.7. The molecule has 0 radical (unpaired) electrons. The molecule has 0 saturated carbocycles. The van der Waals surface area contributed by atoms with Crippen LogP contribution in [0.4, 0.5) is 0 Å². The van der Waals surface area contributed by atoms with E-state index in [-0.39, 0.29) is 11.5 Å². The summed E-state index contributed by atoms with van der Waals surface area (Å²) >= 11 is 0. The molecule has 2 heteroatoms. The van der Waals surface area contributed by atoms with Gasteiger partial charge < -0.3 is 5.11 Å². The lowest BCUT2D eigenvalue weighted by molar-refractivity contribution is -0.112. The van der Waals surface area contributed by atoms with Crippen LogP contribution in [0, 0.1) is 0 Å². The molecule has 2 nitrogen and oxygen atoms in total. The molecule has 0 saturated heterocycles. The summed E-state index contributed by atoms with van der Waals surface area (Å²) < 4.78 is 0.